The van der Waals surface area contributed by atoms with E-state index in [4.69, 9.17) is 0 Å². The molecule has 1 aromatic carbocycles. The largest absolute Gasteiger partial charge is 0.375 e. The van der Waals surface area contributed by atoms with E-state index in [1.165, 1.54) is 4.90 Å². The van der Waals surface area contributed by atoms with Crippen LogP contribution in [0.3, 0.4) is 0 Å². The van der Waals surface area contributed by atoms with Gasteiger partial charge in [0.1, 0.15) is 0 Å². The van der Waals surface area contributed by atoms with Crippen molar-refractivity contribution in [2.45, 2.75) is 37.3 Å². The highest BCUT2D eigenvalue weighted by molar-refractivity contribution is 8.00. The molecule has 0 heterocycles. The molecule has 0 spiro atoms. The topological polar surface area (TPSA) is 41.1 Å². The van der Waals surface area contributed by atoms with Crippen molar-refractivity contribution in [3.8, 4) is 0 Å². The fourth-order valence-corrected chi connectivity index (χ4v) is 2.40. The SMILES string of the molecule is CCCNC(=O)CNc1ccccc1SC(C)C. The van der Waals surface area contributed by atoms with Gasteiger partial charge in [0.05, 0.1) is 6.54 Å². The van der Waals surface area contributed by atoms with Crippen molar-refractivity contribution in [1.82, 2.24) is 5.32 Å². The molecular formula is C14H22N2OS. The Kier molecular flexibility index (Phi) is 6.65. The van der Waals surface area contributed by atoms with Crippen LogP contribution in [0, 0.1) is 0 Å². The van der Waals surface area contributed by atoms with Crippen LogP contribution >= 0.6 is 11.8 Å². The van der Waals surface area contributed by atoms with Crippen molar-refractivity contribution in [3.05, 3.63) is 24.3 Å². The Bertz CT molecular complexity index is 380. The van der Waals surface area contributed by atoms with Crippen LogP contribution in [0.5, 0.6) is 0 Å². The van der Waals surface area contributed by atoms with Crippen molar-refractivity contribution < 1.29 is 4.79 Å². The lowest BCUT2D eigenvalue weighted by atomic mass is 10.3. The lowest BCUT2D eigenvalue weighted by Gasteiger charge is -2.13. The van der Waals surface area contributed by atoms with Gasteiger partial charge in [-0.2, -0.15) is 0 Å². The molecule has 0 fully saturated rings. The molecule has 100 valence electrons. The number of thioether (sulfide) groups is 1. The minimum atomic E-state index is 0.0428. The summed E-state index contributed by atoms with van der Waals surface area (Å²) in [6.45, 7) is 7.44. The van der Waals surface area contributed by atoms with Crippen molar-refractivity contribution in [2.24, 2.45) is 0 Å². The second-order valence-corrected chi connectivity index (χ2v) is 5.98. The molecule has 1 rings (SSSR count). The molecule has 1 aromatic rings. The Balaban J connectivity index is 2.53. The number of hydrogen-bond acceptors (Lipinski definition) is 3. The van der Waals surface area contributed by atoms with Crippen LogP contribution in [0.25, 0.3) is 0 Å². The number of carbonyl (C=O) groups is 1. The summed E-state index contributed by atoms with van der Waals surface area (Å²) >= 11 is 1.80. The molecule has 0 aliphatic heterocycles. The third-order valence-electron chi connectivity index (χ3n) is 2.26. The molecule has 0 aliphatic rings. The van der Waals surface area contributed by atoms with Gasteiger partial charge >= 0.3 is 0 Å². The first-order valence-corrected chi connectivity index (χ1v) is 7.27. The van der Waals surface area contributed by atoms with E-state index in [1.54, 1.807) is 11.8 Å². The molecule has 0 aromatic heterocycles. The van der Waals surface area contributed by atoms with E-state index in [0.717, 1.165) is 18.7 Å². The summed E-state index contributed by atoms with van der Waals surface area (Å²) in [7, 11) is 0. The fourth-order valence-electron chi connectivity index (χ4n) is 1.47. The summed E-state index contributed by atoms with van der Waals surface area (Å²) in [5.41, 5.74) is 1.03. The minimum absolute atomic E-state index is 0.0428. The summed E-state index contributed by atoms with van der Waals surface area (Å²) < 4.78 is 0. The van der Waals surface area contributed by atoms with Crippen molar-refractivity contribution in [1.29, 1.82) is 0 Å². The molecule has 3 nitrogen and oxygen atoms in total. The normalized spacial score (nSPS) is 10.4. The first kappa shape index (κ1) is 14.9. The molecule has 18 heavy (non-hydrogen) atoms. The molecule has 1 amide bonds. The average molecular weight is 266 g/mol. The Morgan fingerprint density at radius 3 is 2.72 bits per heavy atom. The van der Waals surface area contributed by atoms with Crippen LogP contribution in [-0.2, 0) is 4.79 Å². The third kappa shape index (κ3) is 5.45. The Morgan fingerprint density at radius 2 is 2.06 bits per heavy atom. The number of amides is 1. The van der Waals surface area contributed by atoms with Gasteiger partial charge in [-0.15, -0.1) is 11.8 Å². The van der Waals surface area contributed by atoms with E-state index in [1.807, 2.05) is 25.1 Å². The maximum absolute atomic E-state index is 11.5. The summed E-state index contributed by atoms with van der Waals surface area (Å²) in [5.74, 6) is 0.0428. The van der Waals surface area contributed by atoms with Gasteiger partial charge < -0.3 is 10.6 Å². The van der Waals surface area contributed by atoms with Crippen molar-refractivity contribution >= 4 is 23.4 Å². The summed E-state index contributed by atoms with van der Waals surface area (Å²) in [6, 6.07) is 8.10. The number of hydrogen-bond donors (Lipinski definition) is 2. The number of para-hydroxylation sites is 1. The summed E-state index contributed by atoms with van der Waals surface area (Å²) in [5, 5.41) is 6.58. The molecule has 0 saturated heterocycles. The Hall–Kier alpha value is -1.16. The number of nitrogens with one attached hydrogen (secondary N) is 2. The van der Waals surface area contributed by atoms with Crippen LogP contribution in [0.2, 0.25) is 0 Å². The van der Waals surface area contributed by atoms with Gasteiger partial charge in [0.25, 0.3) is 0 Å². The molecule has 0 aliphatic carbocycles. The maximum atomic E-state index is 11.5. The number of benzene rings is 1. The van der Waals surface area contributed by atoms with Gasteiger partial charge in [0, 0.05) is 22.4 Å². The van der Waals surface area contributed by atoms with Gasteiger partial charge in [-0.1, -0.05) is 32.9 Å². The smallest absolute Gasteiger partial charge is 0.239 e. The van der Waals surface area contributed by atoms with Crippen molar-refractivity contribution in [2.75, 3.05) is 18.4 Å². The molecular weight excluding hydrogens is 244 g/mol. The second-order valence-electron chi connectivity index (χ2n) is 4.37. The van der Waals surface area contributed by atoms with Gasteiger partial charge in [0.2, 0.25) is 5.91 Å². The van der Waals surface area contributed by atoms with Crippen LogP contribution < -0.4 is 10.6 Å². The lowest BCUT2D eigenvalue weighted by molar-refractivity contribution is -0.119. The first-order valence-electron chi connectivity index (χ1n) is 6.39. The highest BCUT2D eigenvalue weighted by Gasteiger charge is 2.06. The molecule has 0 saturated carbocycles. The number of rotatable bonds is 7. The summed E-state index contributed by atoms with van der Waals surface area (Å²) in [6.07, 6.45) is 0.964. The quantitative estimate of drug-likeness (QED) is 0.745. The zero-order valence-electron chi connectivity index (χ0n) is 11.3. The van der Waals surface area contributed by atoms with Gasteiger partial charge in [-0.25, -0.2) is 0 Å². The van der Waals surface area contributed by atoms with E-state index in [-0.39, 0.29) is 5.91 Å². The highest BCUT2D eigenvalue weighted by Crippen LogP contribution is 2.29. The monoisotopic (exact) mass is 266 g/mol. The molecule has 4 heteroatoms. The zero-order chi connectivity index (χ0) is 13.4. The van der Waals surface area contributed by atoms with Gasteiger partial charge in [0.15, 0.2) is 0 Å². The maximum Gasteiger partial charge on any atom is 0.239 e. The standard InChI is InChI=1S/C14H22N2OS/c1-4-9-15-14(17)10-16-12-7-5-6-8-13(12)18-11(2)3/h5-8,11,16H,4,9-10H2,1-3H3,(H,15,17). The first-order chi connectivity index (χ1) is 8.63. The van der Waals surface area contributed by atoms with Crippen LogP contribution in [0.15, 0.2) is 29.2 Å². The number of carbonyl (C=O) groups excluding carboxylic acids is 1. The Labute approximate surface area is 114 Å². The zero-order valence-corrected chi connectivity index (χ0v) is 12.1. The van der Waals surface area contributed by atoms with E-state index in [9.17, 15) is 4.79 Å². The second kappa shape index (κ2) is 8.03. The van der Waals surface area contributed by atoms with Gasteiger partial charge in [-0.05, 0) is 18.6 Å². The van der Waals surface area contributed by atoms with Crippen LogP contribution in [0.1, 0.15) is 27.2 Å². The molecule has 2 N–H and O–H groups in total. The van der Waals surface area contributed by atoms with Crippen LogP contribution in [0.4, 0.5) is 5.69 Å². The molecule has 0 atom stereocenters. The summed E-state index contributed by atoms with van der Waals surface area (Å²) in [4.78, 5) is 12.7. The third-order valence-corrected chi connectivity index (χ3v) is 3.34. The van der Waals surface area contributed by atoms with Crippen molar-refractivity contribution in [3.63, 3.8) is 0 Å². The Morgan fingerprint density at radius 1 is 1.33 bits per heavy atom. The molecule has 0 unspecified atom stereocenters. The van der Waals surface area contributed by atoms with E-state index in [2.05, 4.69) is 30.5 Å². The van der Waals surface area contributed by atoms with E-state index >= 15 is 0 Å². The average Bonchev–Trinajstić information content (AvgIpc) is 2.34. The van der Waals surface area contributed by atoms with Crippen LogP contribution in [-0.4, -0.2) is 24.2 Å². The molecule has 0 radical (unpaired) electrons. The van der Waals surface area contributed by atoms with Gasteiger partial charge in [-0.3, -0.25) is 4.79 Å². The van der Waals surface area contributed by atoms with E-state index < -0.39 is 0 Å². The van der Waals surface area contributed by atoms with E-state index in [0.29, 0.717) is 11.8 Å². The lowest BCUT2D eigenvalue weighted by Crippen LogP contribution is -2.30. The predicted octanol–water partition coefficient (Wildman–Crippen LogP) is 3.13. The highest BCUT2D eigenvalue weighted by atomic mass is 32.2. The number of anilines is 1. The fraction of sp³-hybridized carbons (Fsp3) is 0.500. The molecule has 0 bridgehead atoms. The minimum Gasteiger partial charge on any atom is -0.375 e. The predicted molar refractivity (Wildman–Crippen MR) is 79.2 cm³/mol.